The van der Waals surface area contributed by atoms with E-state index in [4.69, 9.17) is 4.74 Å². The van der Waals surface area contributed by atoms with E-state index in [0.717, 1.165) is 11.1 Å². The molecule has 0 aliphatic heterocycles. The first-order valence-electron chi connectivity index (χ1n) is 10.6. The van der Waals surface area contributed by atoms with Crippen molar-refractivity contribution in [1.29, 1.82) is 0 Å². The molecule has 0 unspecified atom stereocenters. The molecule has 0 aliphatic rings. The van der Waals surface area contributed by atoms with Crippen molar-refractivity contribution in [2.75, 3.05) is 11.9 Å². The summed E-state index contributed by atoms with van der Waals surface area (Å²) in [7, 11) is 0. The lowest BCUT2D eigenvalue weighted by Crippen LogP contribution is -2.34. The van der Waals surface area contributed by atoms with E-state index in [1.807, 2.05) is 39.0 Å². The highest BCUT2D eigenvalue weighted by atomic mass is 16.5. The summed E-state index contributed by atoms with van der Waals surface area (Å²) in [6, 6.07) is 14.7. The summed E-state index contributed by atoms with van der Waals surface area (Å²) in [6.07, 6.45) is 0.385. The largest absolute Gasteiger partial charge is 0.462 e. The van der Waals surface area contributed by atoms with Crippen molar-refractivity contribution in [2.45, 2.75) is 40.2 Å². The number of aryl methyl sites for hydroxylation is 2. The minimum atomic E-state index is -0.779. The van der Waals surface area contributed by atoms with Gasteiger partial charge >= 0.3 is 5.97 Å². The van der Waals surface area contributed by atoms with Crippen LogP contribution in [0.25, 0.3) is 11.3 Å². The highest BCUT2D eigenvalue weighted by molar-refractivity contribution is 5.95. The molecule has 0 bridgehead atoms. The van der Waals surface area contributed by atoms with Crippen LogP contribution in [0.3, 0.4) is 0 Å². The average Bonchev–Trinajstić information content (AvgIpc) is 2.78. The van der Waals surface area contributed by atoms with Crippen LogP contribution in [-0.2, 0) is 9.53 Å². The van der Waals surface area contributed by atoms with E-state index in [0.29, 0.717) is 30.0 Å². The monoisotopic (exact) mass is 433 g/mol. The zero-order chi connectivity index (χ0) is 23.3. The van der Waals surface area contributed by atoms with Crippen LogP contribution in [0.2, 0.25) is 0 Å². The number of amides is 1. The van der Waals surface area contributed by atoms with Crippen LogP contribution in [0.5, 0.6) is 0 Å². The first-order chi connectivity index (χ1) is 15.3. The second-order valence-corrected chi connectivity index (χ2v) is 7.51. The van der Waals surface area contributed by atoms with Crippen molar-refractivity contribution in [2.24, 2.45) is 0 Å². The van der Waals surface area contributed by atoms with Gasteiger partial charge in [0, 0.05) is 17.3 Å². The van der Waals surface area contributed by atoms with Crippen molar-refractivity contribution in [1.82, 2.24) is 9.78 Å². The molecule has 0 spiro atoms. The first kappa shape index (κ1) is 22.9. The maximum atomic E-state index is 13.0. The van der Waals surface area contributed by atoms with Crippen molar-refractivity contribution in [3.8, 4) is 11.3 Å². The predicted molar refractivity (Wildman–Crippen MR) is 124 cm³/mol. The normalized spacial score (nSPS) is 11.6. The second-order valence-electron chi connectivity index (χ2n) is 7.51. The fourth-order valence-corrected chi connectivity index (χ4v) is 3.30. The molecule has 32 heavy (non-hydrogen) atoms. The standard InChI is InChI=1S/C25H27N3O4/c1-5-22(24(30)26-20-11-9-18(10-12-20)25(31)32-6-2)28-23(29)14-13-21(27-28)19-8-7-16(3)17(4)15-19/h7-15,22H,5-6H2,1-4H3,(H,26,30)/t22-/m0/s1. The molecule has 0 fully saturated rings. The van der Waals surface area contributed by atoms with Crippen LogP contribution in [0.4, 0.5) is 5.69 Å². The molecule has 0 aliphatic carbocycles. The maximum absolute atomic E-state index is 13.0. The molecule has 0 saturated carbocycles. The molecule has 166 valence electrons. The van der Waals surface area contributed by atoms with Gasteiger partial charge in [0.25, 0.3) is 5.56 Å². The Hall–Kier alpha value is -3.74. The van der Waals surface area contributed by atoms with Gasteiger partial charge in [-0.1, -0.05) is 19.1 Å². The summed E-state index contributed by atoms with van der Waals surface area (Å²) < 4.78 is 6.19. The molecule has 7 nitrogen and oxygen atoms in total. The Kier molecular flexibility index (Phi) is 7.20. The molecular formula is C25H27N3O4. The summed E-state index contributed by atoms with van der Waals surface area (Å²) in [6.45, 7) is 7.90. The van der Waals surface area contributed by atoms with E-state index in [1.54, 1.807) is 37.3 Å². The number of hydrogen-bond acceptors (Lipinski definition) is 5. The number of carbonyl (C=O) groups is 2. The Morgan fingerprint density at radius 3 is 2.34 bits per heavy atom. The van der Waals surface area contributed by atoms with Crippen LogP contribution >= 0.6 is 0 Å². The SMILES string of the molecule is CCOC(=O)c1ccc(NC(=O)[C@H](CC)n2nc(-c3ccc(C)c(C)c3)ccc2=O)cc1. The minimum absolute atomic E-state index is 0.290. The average molecular weight is 434 g/mol. The lowest BCUT2D eigenvalue weighted by molar-refractivity contribution is -0.119. The van der Waals surface area contributed by atoms with Gasteiger partial charge in [0.15, 0.2) is 0 Å². The van der Waals surface area contributed by atoms with Crippen molar-refractivity contribution in [3.63, 3.8) is 0 Å². The molecule has 1 atom stereocenters. The molecule has 3 rings (SSSR count). The van der Waals surface area contributed by atoms with Gasteiger partial charge in [-0.25, -0.2) is 9.48 Å². The topological polar surface area (TPSA) is 90.3 Å². The van der Waals surface area contributed by atoms with Crippen molar-refractivity contribution in [3.05, 3.63) is 81.6 Å². The highest BCUT2D eigenvalue weighted by Crippen LogP contribution is 2.21. The number of hydrogen-bond donors (Lipinski definition) is 1. The fraction of sp³-hybridized carbons (Fsp3) is 0.280. The van der Waals surface area contributed by atoms with Crippen LogP contribution in [0.1, 0.15) is 47.8 Å². The first-order valence-corrected chi connectivity index (χ1v) is 10.6. The van der Waals surface area contributed by atoms with Gasteiger partial charge in [-0.2, -0.15) is 5.10 Å². The fourth-order valence-electron chi connectivity index (χ4n) is 3.30. The van der Waals surface area contributed by atoms with Crippen LogP contribution in [-0.4, -0.2) is 28.3 Å². The van der Waals surface area contributed by atoms with E-state index >= 15 is 0 Å². The Balaban J connectivity index is 1.84. The number of benzene rings is 2. The number of esters is 1. The molecule has 3 aromatic rings. The third kappa shape index (κ3) is 5.11. The van der Waals surface area contributed by atoms with Gasteiger partial charge in [-0.15, -0.1) is 0 Å². The summed E-state index contributed by atoms with van der Waals surface area (Å²) in [5.41, 5.74) is 4.36. The van der Waals surface area contributed by atoms with Crippen molar-refractivity contribution >= 4 is 17.6 Å². The van der Waals surface area contributed by atoms with E-state index in [-0.39, 0.29) is 11.5 Å². The maximum Gasteiger partial charge on any atom is 0.338 e. The summed E-state index contributed by atoms with van der Waals surface area (Å²) in [4.78, 5) is 37.3. The Morgan fingerprint density at radius 2 is 1.72 bits per heavy atom. The van der Waals surface area contributed by atoms with Crippen LogP contribution in [0.15, 0.2) is 59.4 Å². The van der Waals surface area contributed by atoms with Gasteiger partial charge in [0.1, 0.15) is 6.04 Å². The minimum Gasteiger partial charge on any atom is -0.462 e. The second kappa shape index (κ2) is 10.0. The molecule has 1 aromatic heterocycles. The summed E-state index contributed by atoms with van der Waals surface area (Å²) in [5.74, 6) is -0.779. The lowest BCUT2D eigenvalue weighted by atomic mass is 10.0. The summed E-state index contributed by atoms with van der Waals surface area (Å²) in [5, 5.41) is 7.29. The summed E-state index contributed by atoms with van der Waals surface area (Å²) >= 11 is 0. The van der Waals surface area contributed by atoms with Gasteiger partial charge in [-0.3, -0.25) is 9.59 Å². The van der Waals surface area contributed by atoms with E-state index in [9.17, 15) is 14.4 Å². The van der Waals surface area contributed by atoms with Gasteiger partial charge in [0.2, 0.25) is 5.91 Å². The molecule has 1 amide bonds. The molecule has 1 heterocycles. The third-order valence-electron chi connectivity index (χ3n) is 5.28. The molecule has 1 N–H and O–H groups in total. The zero-order valence-electron chi connectivity index (χ0n) is 18.7. The van der Waals surface area contributed by atoms with Gasteiger partial charge in [0.05, 0.1) is 17.9 Å². The van der Waals surface area contributed by atoms with Gasteiger partial charge < -0.3 is 10.1 Å². The van der Waals surface area contributed by atoms with E-state index < -0.39 is 12.0 Å². The molecular weight excluding hydrogens is 406 g/mol. The number of nitrogens with one attached hydrogen (secondary N) is 1. The molecule has 0 radical (unpaired) electrons. The smallest absolute Gasteiger partial charge is 0.338 e. The molecule has 2 aromatic carbocycles. The number of aromatic nitrogens is 2. The Bertz CT molecular complexity index is 1180. The third-order valence-corrected chi connectivity index (χ3v) is 5.28. The number of nitrogens with zero attached hydrogens (tertiary/aromatic N) is 2. The number of anilines is 1. The van der Waals surface area contributed by atoms with Gasteiger partial charge in [-0.05, 0) is 74.7 Å². The number of ether oxygens (including phenoxy) is 1. The Morgan fingerprint density at radius 1 is 1.00 bits per heavy atom. The van der Waals surface area contributed by atoms with Crippen LogP contribution in [0, 0.1) is 13.8 Å². The van der Waals surface area contributed by atoms with E-state index in [2.05, 4.69) is 10.4 Å². The number of rotatable bonds is 7. The Labute approximate surface area is 187 Å². The quantitative estimate of drug-likeness (QED) is 0.561. The lowest BCUT2D eigenvalue weighted by Gasteiger charge is -2.18. The molecule has 0 saturated heterocycles. The number of carbonyl (C=O) groups excluding carboxylic acids is 2. The highest BCUT2D eigenvalue weighted by Gasteiger charge is 2.22. The zero-order valence-corrected chi connectivity index (χ0v) is 18.7. The predicted octanol–water partition coefficient (Wildman–Crippen LogP) is 4.29. The van der Waals surface area contributed by atoms with E-state index in [1.165, 1.54) is 16.3 Å². The van der Waals surface area contributed by atoms with Crippen molar-refractivity contribution < 1.29 is 14.3 Å². The van der Waals surface area contributed by atoms with Crippen LogP contribution < -0.4 is 10.9 Å². The molecule has 7 heteroatoms.